The molecule has 4 aromatic rings. The first-order valence-corrected chi connectivity index (χ1v) is 10.7. The molecule has 0 saturated heterocycles. The molecule has 33 heavy (non-hydrogen) atoms. The minimum Gasteiger partial charge on any atom is -0.508 e. The van der Waals surface area contributed by atoms with E-state index in [0.29, 0.717) is 11.5 Å². The van der Waals surface area contributed by atoms with Crippen LogP contribution in [0.3, 0.4) is 0 Å². The van der Waals surface area contributed by atoms with Gasteiger partial charge in [-0.3, -0.25) is 0 Å². The Morgan fingerprint density at radius 2 is 1.09 bits per heavy atom. The van der Waals surface area contributed by atoms with Crippen molar-refractivity contribution in [2.24, 2.45) is 0 Å². The zero-order valence-corrected chi connectivity index (χ0v) is 19.1. The molecule has 4 aromatic carbocycles. The molecular formula is C28H27NO4. The van der Waals surface area contributed by atoms with E-state index < -0.39 is 0 Å². The molecule has 168 valence electrons. The normalized spacial score (nSPS) is 10.8. The van der Waals surface area contributed by atoms with E-state index in [4.69, 9.17) is 4.74 Å². The molecule has 0 amide bonds. The second-order valence-corrected chi connectivity index (χ2v) is 8.29. The van der Waals surface area contributed by atoms with Crippen LogP contribution in [0.1, 0.15) is 22.3 Å². The average molecular weight is 442 g/mol. The number of hydrogen-bond acceptors (Lipinski definition) is 5. The summed E-state index contributed by atoms with van der Waals surface area (Å²) in [4.78, 5) is 1.95. The Kier molecular flexibility index (Phi) is 5.88. The molecule has 0 saturated carbocycles. The molecule has 0 spiro atoms. The standard InChI is InChI=1S/C28H27NO4/c1-17-8-10-22(15-26(17)31)29(23-11-9-18(2)27(32)16-23)21-6-5-7-25(14-21)33-28-19(3)12-24(30)13-20(28)4/h5-16,30-32H,1-4H3. The van der Waals surface area contributed by atoms with Crippen LogP contribution < -0.4 is 9.64 Å². The van der Waals surface area contributed by atoms with E-state index in [2.05, 4.69) is 0 Å². The van der Waals surface area contributed by atoms with Gasteiger partial charge in [0.15, 0.2) is 0 Å². The number of benzene rings is 4. The quantitative estimate of drug-likeness (QED) is 0.303. The highest BCUT2D eigenvalue weighted by atomic mass is 16.5. The van der Waals surface area contributed by atoms with E-state index in [-0.39, 0.29) is 17.2 Å². The molecule has 0 radical (unpaired) electrons. The highest BCUT2D eigenvalue weighted by Crippen LogP contribution is 2.40. The van der Waals surface area contributed by atoms with Crippen molar-refractivity contribution in [3.8, 4) is 28.7 Å². The van der Waals surface area contributed by atoms with E-state index in [1.54, 1.807) is 24.3 Å². The van der Waals surface area contributed by atoms with Crippen LogP contribution in [0.15, 0.2) is 72.8 Å². The fraction of sp³-hybridized carbons (Fsp3) is 0.143. The van der Waals surface area contributed by atoms with Gasteiger partial charge in [0.25, 0.3) is 0 Å². The van der Waals surface area contributed by atoms with Gasteiger partial charge in [0.05, 0.1) is 0 Å². The van der Waals surface area contributed by atoms with Crippen molar-refractivity contribution in [2.45, 2.75) is 27.7 Å². The van der Waals surface area contributed by atoms with E-state index in [1.807, 2.05) is 81.1 Å². The second-order valence-electron chi connectivity index (χ2n) is 8.29. The van der Waals surface area contributed by atoms with Crippen LogP contribution in [0.25, 0.3) is 0 Å². The first kappa shape index (κ1) is 22.1. The minimum absolute atomic E-state index is 0.191. The Labute approximate surface area is 193 Å². The van der Waals surface area contributed by atoms with Gasteiger partial charge >= 0.3 is 0 Å². The fourth-order valence-electron chi connectivity index (χ4n) is 3.81. The summed E-state index contributed by atoms with van der Waals surface area (Å²) in [6.45, 7) is 7.47. The summed E-state index contributed by atoms with van der Waals surface area (Å²) in [6.07, 6.45) is 0. The van der Waals surface area contributed by atoms with Crippen LogP contribution in [-0.4, -0.2) is 15.3 Å². The molecule has 0 heterocycles. The Bertz CT molecular complexity index is 1260. The number of hydrogen-bond donors (Lipinski definition) is 3. The van der Waals surface area contributed by atoms with Gasteiger partial charge in [-0.2, -0.15) is 0 Å². The number of aryl methyl sites for hydroxylation is 4. The molecule has 0 atom stereocenters. The van der Waals surface area contributed by atoms with Crippen LogP contribution in [0, 0.1) is 27.7 Å². The first-order chi connectivity index (χ1) is 15.7. The zero-order chi connectivity index (χ0) is 23.7. The summed E-state index contributed by atoms with van der Waals surface area (Å²) >= 11 is 0. The predicted octanol–water partition coefficient (Wildman–Crippen LogP) is 7.30. The lowest BCUT2D eigenvalue weighted by Crippen LogP contribution is -2.10. The van der Waals surface area contributed by atoms with Gasteiger partial charge in [0.2, 0.25) is 0 Å². The third-order valence-electron chi connectivity index (χ3n) is 5.64. The van der Waals surface area contributed by atoms with E-state index in [1.165, 1.54) is 0 Å². The molecule has 4 rings (SSSR count). The maximum atomic E-state index is 10.4. The monoisotopic (exact) mass is 441 g/mol. The largest absolute Gasteiger partial charge is 0.508 e. The van der Waals surface area contributed by atoms with Crippen LogP contribution in [0.4, 0.5) is 17.1 Å². The zero-order valence-electron chi connectivity index (χ0n) is 19.1. The second kappa shape index (κ2) is 8.79. The number of phenols is 3. The molecular weight excluding hydrogens is 414 g/mol. The van der Waals surface area contributed by atoms with Gasteiger partial charge < -0.3 is 25.0 Å². The molecule has 5 heteroatoms. The molecule has 0 aliphatic heterocycles. The fourth-order valence-corrected chi connectivity index (χ4v) is 3.81. The highest BCUT2D eigenvalue weighted by molar-refractivity contribution is 5.79. The topological polar surface area (TPSA) is 73.2 Å². The van der Waals surface area contributed by atoms with Gasteiger partial charge in [0.1, 0.15) is 28.7 Å². The molecule has 0 aliphatic rings. The lowest BCUT2D eigenvalue weighted by Gasteiger charge is -2.26. The van der Waals surface area contributed by atoms with Gasteiger partial charge in [-0.15, -0.1) is 0 Å². The molecule has 0 bridgehead atoms. The first-order valence-electron chi connectivity index (χ1n) is 10.7. The summed E-state index contributed by atoms with van der Waals surface area (Å²) in [6, 6.07) is 21.9. The molecule has 0 unspecified atom stereocenters. The van der Waals surface area contributed by atoms with E-state index in [0.717, 1.165) is 39.3 Å². The number of aromatic hydroxyl groups is 3. The summed E-state index contributed by atoms with van der Waals surface area (Å²) in [5.41, 5.74) is 5.52. The average Bonchev–Trinajstić information content (AvgIpc) is 2.76. The Morgan fingerprint density at radius 1 is 0.576 bits per heavy atom. The highest BCUT2D eigenvalue weighted by Gasteiger charge is 2.16. The lowest BCUT2D eigenvalue weighted by atomic mass is 10.1. The van der Waals surface area contributed by atoms with Crippen molar-refractivity contribution in [1.82, 2.24) is 0 Å². The molecule has 0 fully saturated rings. The number of ether oxygens (including phenoxy) is 1. The van der Waals surface area contributed by atoms with E-state index in [9.17, 15) is 15.3 Å². The predicted molar refractivity (Wildman–Crippen MR) is 132 cm³/mol. The Hall–Kier alpha value is -4.12. The van der Waals surface area contributed by atoms with Crippen LogP contribution >= 0.6 is 0 Å². The number of rotatable bonds is 5. The molecule has 0 aromatic heterocycles. The van der Waals surface area contributed by atoms with Crippen LogP contribution in [0.2, 0.25) is 0 Å². The Morgan fingerprint density at radius 3 is 1.61 bits per heavy atom. The van der Waals surface area contributed by atoms with E-state index >= 15 is 0 Å². The van der Waals surface area contributed by atoms with Gasteiger partial charge in [0, 0.05) is 35.3 Å². The third kappa shape index (κ3) is 4.58. The van der Waals surface area contributed by atoms with Crippen molar-refractivity contribution < 1.29 is 20.1 Å². The summed E-state index contributed by atoms with van der Waals surface area (Å²) in [7, 11) is 0. The molecule has 3 N–H and O–H groups in total. The summed E-state index contributed by atoms with van der Waals surface area (Å²) < 4.78 is 6.21. The maximum absolute atomic E-state index is 10.4. The minimum atomic E-state index is 0.191. The molecule has 5 nitrogen and oxygen atoms in total. The molecule has 0 aliphatic carbocycles. The van der Waals surface area contributed by atoms with Gasteiger partial charge in [-0.1, -0.05) is 18.2 Å². The van der Waals surface area contributed by atoms with Gasteiger partial charge in [-0.05, 0) is 86.3 Å². The van der Waals surface area contributed by atoms with Crippen molar-refractivity contribution in [1.29, 1.82) is 0 Å². The number of phenolic OH excluding ortho intramolecular Hbond substituents is 3. The summed E-state index contributed by atoms with van der Waals surface area (Å²) in [5.74, 6) is 1.91. The lowest BCUT2D eigenvalue weighted by molar-refractivity contribution is 0.458. The van der Waals surface area contributed by atoms with Crippen molar-refractivity contribution in [3.63, 3.8) is 0 Å². The third-order valence-corrected chi connectivity index (χ3v) is 5.64. The maximum Gasteiger partial charge on any atom is 0.133 e. The Balaban J connectivity index is 1.81. The number of nitrogens with zero attached hydrogens (tertiary/aromatic N) is 1. The van der Waals surface area contributed by atoms with Gasteiger partial charge in [-0.25, -0.2) is 0 Å². The van der Waals surface area contributed by atoms with Crippen molar-refractivity contribution in [3.05, 3.63) is 95.1 Å². The van der Waals surface area contributed by atoms with Crippen molar-refractivity contribution in [2.75, 3.05) is 4.90 Å². The SMILES string of the molecule is Cc1ccc(N(c2cccc(Oc3c(C)cc(O)cc3C)c2)c2ccc(C)c(O)c2)cc1O. The summed E-state index contributed by atoms with van der Waals surface area (Å²) in [5, 5.41) is 30.5. The smallest absolute Gasteiger partial charge is 0.133 e. The number of anilines is 3. The van der Waals surface area contributed by atoms with Crippen LogP contribution in [-0.2, 0) is 0 Å². The van der Waals surface area contributed by atoms with Crippen LogP contribution in [0.5, 0.6) is 28.7 Å². The van der Waals surface area contributed by atoms with Crippen molar-refractivity contribution >= 4 is 17.1 Å².